The number of rotatable bonds is 6. The maximum atomic E-state index is 5.50. The number of ether oxygens (including phenoxy) is 2. The van der Waals surface area contributed by atoms with E-state index in [1.807, 2.05) is 12.1 Å². The van der Waals surface area contributed by atoms with Crippen LogP contribution in [0.2, 0.25) is 0 Å². The Morgan fingerprint density at radius 2 is 1.88 bits per heavy atom. The molecule has 0 atom stereocenters. The highest BCUT2D eigenvalue weighted by Crippen LogP contribution is 2.39. The predicted molar refractivity (Wildman–Crippen MR) is 67.5 cm³/mol. The summed E-state index contributed by atoms with van der Waals surface area (Å²) in [5.41, 5.74) is 6.61. The van der Waals surface area contributed by atoms with Crippen LogP contribution >= 0.6 is 0 Å². The molecule has 0 unspecified atom stereocenters. The highest BCUT2D eigenvalue weighted by atomic mass is 28.2. The van der Waals surface area contributed by atoms with E-state index in [1.54, 1.807) is 14.2 Å². The van der Waals surface area contributed by atoms with Gasteiger partial charge >= 0.3 is 0 Å². The van der Waals surface area contributed by atoms with Crippen LogP contribution in [0.25, 0.3) is 0 Å². The van der Waals surface area contributed by atoms with Crippen LogP contribution in [0.5, 0.6) is 17.2 Å². The van der Waals surface area contributed by atoms with Crippen molar-refractivity contribution in [2.75, 3.05) is 20.8 Å². The molecule has 0 aromatic heterocycles. The fourth-order valence-electron chi connectivity index (χ4n) is 1.65. The summed E-state index contributed by atoms with van der Waals surface area (Å²) in [4.78, 5) is 0. The molecule has 0 aliphatic rings. The lowest BCUT2D eigenvalue weighted by Gasteiger charge is -2.15. The van der Waals surface area contributed by atoms with Crippen molar-refractivity contribution in [3.63, 3.8) is 0 Å². The van der Waals surface area contributed by atoms with Crippen LogP contribution in [-0.2, 0) is 6.42 Å². The van der Waals surface area contributed by atoms with Crippen molar-refractivity contribution < 1.29 is 13.9 Å². The monoisotopic (exact) mass is 241 g/mol. The second-order valence-electron chi connectivity index (χ2n) is 3.39. The number of hydrogen-bond donors (Lipinski definition) is 1. The van der Waals surface area contributed by atoms with Gasteiger partial charge < -0.3 is 19.6 Å². The molecule has 0 saturated carbocycles. The average molecular weight is 241 g/mol. The molecule has 90 valence electrons. The van der Waals surface area contributed by atoms with Crippen LogP contribution in [0.1, 0.15) is 12.0 Å². The first-order valence-corrected chi connectivity index (χ1v) is 6.08. The van der Waals surface area contributed by atoms with Crippen LogP contribution in [-0.4, -0.2) is 31.3 Å². The summed E-state index contributed by atoms with van der Waals surface area (Å²) < 4.78 is 16.0. The molecule has 0 bridgehead atoms. The summed E-state index contributed by atoms with van der Waals surface area (Å²) in [6, 6.07) is 3.92. The minimum absolute atomic E-state index is 0.626. The Balaban J connectivity index is 3.10. The lowest BCUT2D eigenvalue weighted by Crippen LogP contribution is -2.03. The molecule has 0 amide bonds. The first kappa shape index (κ1) is 12.9. The SMILES string of the molecule is COc1c(CCCN)ccc(O[SiH3])c1OC. The highest BCUT2D eigenvalue weighted by molar-refractivity contribution is 6.00. The van der Waals surface area contributed by atoms with Gasteiger partial charge in [-0.2, -0.15) is 0 Å². The molecule has 0 spiro atoms. The Bertz CT molecular complexity index is 344. The minimum atomic E-state index is 0.626. The average Bonchev–Trinajstić information content (AvgIpc) is 2.34. The normalized spacial score (nSPS) is 10.2. The Labute approximate surface area is 99.2 Å². The molecule has 0 aliphatic carbocycles. The molecule has 0 aliphatic heterocycles. The third kappa shape index (κ3) is 2.68. The van der Waals surface area contributed by atoms with Crippen molar-refractivity contribution in [1.82, 2.24) is 0 Å². The van der Waals surface area contributed by atoms with Crippen molar-refractivity contribution >= 4 is 10.5 Å². The third-order valence-corrected chi connectivity index (χ3v) is 2.88. The number of benzene rings is 1. The zero-order valence-electron chi connectivity index (χ0n) is 10.1. The van der Waals surface area contributed by atoms with Gasteiger partial charge in [0.05, 0.1) is 14.2 Å². The molecule has 0 heterocycles. The second kappa shape index (κ2) is 6.39. The lowest BCUT2D eigenvalue weighted by atomic mass is 10.1. The van der Waals surface area contributed by atoms with E-state index >= 15 is 0 Å². The van der Waals surface area contributed by atoms with Gasteiger partial charge in [-0.05, 0) is 31.0 Å². The van der Waals surface area contributed by atoms with Crippen molar-refractivity contribution in [2.45, 2.75) is 12.8 Å². The van der Waals surface area contributed by atoms with Gasteiger partial charge in [0, 0.05) is 0 Å². The van der Waals surface area contributed by atoms with E-state index in [0.717, 1.165) is 29.9 Å². The van der Waals surface area contributed by atoms with Crippen molar-refractivity contribution in [3.05, 3.63) is 17.7 Å². The van der Waals surface area contributed by atoms with Crippen LogP contribution in [0.4, 0.5) is 0 Å². The number of nitrogens with two attached hydrogens (primary N) is 1. The van der Waals surface area contributed by atoms with Crippen molar-refractivity contribution in [3.8, 4) is 17.2 Å². The van der Waals surface area contributed by atoms with Gasteiger partial charge in [-0.25, -0.2) is 0 Å². The van der Waals surface area contributed by atoms with E-state index in [4.69, 9.17) is 19.6 Å². The molecule has 0 fully saturated rings. The fraction of sp³-hybridized carbons (Fsp3) is 0.455. The highest BCUT2D eigenvalue weighted by Gasteiger charge is 2.14. The first-order valence-electron chi connectivity index (χ1n) is 5.26. The van der Waals surface area contributed by atoms with E-state index in [2.05, 4.69) is 0 Å². The molecule has 0 saturated heterocycles. The molecule has 5 heteroatoms. The van der Waals surface area contributed by atoms with E-state index in [0.29, 0.717) is 22.8 Å². The smallest absolute Gasteiger partial charge is 0.204 e. The largest absolute Gasteiger partial charge is 0.551 e. The van der Waals surface area contributed by atoms with E-state index in [9.17, 15) is 0 Å². The number of aryl methyl sites for hydroxylation is 1. The molecule has 0 radical (unpaired) electrons. The summed E-state index contributed by atoms with van der Waals surface area (Å²) in [7, 11) is 3.88. The van der Waals surface area contributed by atoms with Gasteiger partial charge in [-0.1, -0.05) is 6.07 Å². The van der Waals surface area contributed by atoms with Gasteiger partial charge in [-0.15, -0.1) is 0 Å². The molecule has 4 nitrogen and oxygen atoms in total. The van der Waals surface area contributed by atoms with Gasteiger partial charge in [0.25, 0.3) is 0 Å². The maximum absolute atomic E-state index is 5.50. The molecular formula is C11H19NO3Si. The lowest BCUT2D eigenvalue weighted by molar-refractivity contribution is 0.342. The Kier molecular flexibility index (Phi) is 5.14. The fourth-order valence-corrected chi connectivity index (χ4v) is 1.97. The summed E-state index contributed by atoms with van der Waals surface area (Å²) in [6.07, 6.45) is 1.82. The van der Waals surface area contributed by atoms with Crippen LogP contribution < -0.4 is 19.6 Å². The van der Waals surface area contributed by atoms with E-state index in [1.165, 1.54) is 0 Å². The van der Waals surface area contributed by atoms with Crippen molar-refractivity contribution in [1.29, 1.82) is 0 Å². The second-order valence-corrected chi connectivity index (χ2v) is 3.79. The van der Waals surface area contributed by atoms with Gasteiger partial charge in [0.15, 0.2) is 5.75 Å². The zero-order chi connectivity index (χ0) is 12.0. The molecule has 1 rings (SSSR count). The predicted octanol–water partition coefficient (Wildman–Crippen LogP) is 0.254. The van der Waals surface area contributed by atoms with E-state index in [-0.39, 0.29) is 0 Å². The van der Waals surface area contributed by atoms with Gasteiger partial charge in [0.2, 0.25) is 16.2 Å². The van der Waals surface area contributed by atoms with Crippen LogP contribution in [0, 0.1) is 0 Å². The quantitative estimate of drug-likeness (QED) is 0.726. The minimum Gasteiger partial charge on any atom is -0.551 e. The standard InChI is InChI=1S/C11H19NO3Si/c1-13-10-8(4-3-7-12)5-6-9(15-16)11(10)14-2/h5-6H,3-4,7,12H2,1-2,16H3. The molecular weight excluding hydrogens is 222 g/mol. The summed E-state index contributed by atoms with van der Waals surface area (Å²) >= 11 is 0. The number of methoxy groups -OCH3 is 2. The van der Waals surface area contributed by atoms with Gasteiger partial charge in [-0.3, -0.25) is 0 Å². The topological polar surface area (TPSA) is 53.7 Å². The van der Waals surface area contributed by atoms with Gasteiger partial charge in [0.1, 0.15) is 5.75 Å². The zero-order valence-corrected chi connectivity index (χ0v) is 12.1. The molecule has 1 aromatic rings. The summed E-state index contributed by atoms with van der Waals surface area (Å²) in [6.45, 7) is 0.671. The van der Waals surface area contributed by atoms with Crippen molar-refractivity contribution in [2.24, 2.45) is 5.73 Å². The molecule has 2 N–H and O–H groups in total. The Morgan fingerprint density at radius 1 is 1.19 bits per heavy atom. The van der Waals surface area contributed by atoms with Crippen LogP contribution in [0.3, 0.4) is 0 Å². The first-order chi connectivity index (χ1) is 7.78. The Hall–Kier alpha value is -1.20. The molecule has 1 aromatic carbocycles. The number of hydrogen-bond acceptors (Lipinski definition) is 4. The summed E-state index contributed by atoms with van der Waals surface area (Å²) in [5.74, 6) is 2.17. The van der Waals surface area contributed by atoms with E-state index < -0.39 is 0 Å². The third-order valence-electron chi connectivity index (χ3n) is 2.44. The maximum Gasteiger partial charge on any atom is 0.204 e. The van der Waals surface area contributed by atoms with Crippen LogP contribution in [0.15, 0.2) is 12.1 Å². The summed E-state index contributed by atoms with van der Waals surface area (Å²) in [5, 5.41) is 0. The Morgan fingerprint density at radius 3 is 2.38 bits per heavy atom. The molecule has 16 heavy (non-hydrogen) atoms.